The first-order valence-electron chi connectivity index (χ1n) is 4.99. The van der Waals surface area contributed by atoms with E-state index in [1.54, 1.807) is 13.8 Å². The number of amides is 2. The number of carbonyl (C=O) groups is 2. The summed E-state index contributed by atoms with van der Waals surface area (Å²) >= 11 is 5.47. The molecular weight excluding hydrogens is 244 g/mol. The van der Waals surface area contributed by atoms with E-state index < -0.39 is 16.8 Å². The van der Waals surface area contributed by atoms with Crippen LogP contribution in [-0.4, -0.2) is 34.1 Å². The van der Waals surface area contributed by atoms with E-state index in [1.807, 2.05) is 0 Å². The Morgan fingerprint density at radius 2 is 2.00 bits per heavy atom. The van der Waals surface area contributed by atoms with Crippen LogP contribution < -0.4 is 11.5 Å². The van der Waals surface area contributed by atoms with Gasteiger partial charge in [-0.2, -0.15) is 4.99 Å². The molecule has 1 rings (SSSR count). The first-order chi connectivity index (χ1) is 7.67. The van der Waals surface area contributed by atoms with E-state index in [4.69, 9.17) is 23.1 Å². The van der Waals surface area contributed by atoms with Gasteiger partial charge in [0.05, 0.1) is 12.1 Å². The summed E-state index contributed by atoms with van der Waals surface area (Å²) in [7, 11) is 0. The number of rotatable bonds is 1. The first kappa shape index (κ1) is 13.5. The summed E-state index contributed by atoms with van der Waals surface area (Å²) in [6.45, 7) is 4.94. The highest BCUT2D eigenvalue weighted by atomic mass is 35.5. The minimum absolute atomic E-state index is 0.0310. The predicted octanol–water partition coefficient (Wildman–Crippen LogP) is 0.556. The summed E-state index contributed by atoms with van der Waals surface area (Å²) in [5.74, 6) is -0.389. The van der Waals surface area contributed by atoms with Gasteiger partial charge in [-0.3, -0.25) is 9.59 Å². The standard InChI is InChI=1S/C10H15ClN4O2/c1-5(16)14-8(13)6-4-15(9(11)17)10(2,3)7(6)12/h4,12H2,1-3H3,(H2,13,14,16). The van der Waals surface area contributed by atoms with Crippen molar-refractivity contribution in [2.24, 2.45) is 16.5 Å². The largest absolute Gasteiger partial charge is 0.400 e. The molecule has 0 aromatic carbocycles. The number of halogens is 1. The second-order valence-electron chi connectivity index (χ2n) is 4.31. The zero-order chi connectivity index (χ0) is 13.4. The summed E-state index contributed by atoms with van der Waals surface area (Å²) in [5.41, 5.74) is 11.7. The molecule has 17 heavy (non-hydrogen) atoms. The smallest absolute Gasteiger partial charge is 0.317 e. The quantitative estimate of drug-likeness (QED) is 0.310. The third kappa shape index (κ3) is 2.41. The van der Waals surface area contributed by atoms with Crippen LogP contribution in [0.15, 0.2) is 16.3 Å². The highest BCUT2D eigenvalue weighted by molar-refractivity contribution is 6.63. The van der Waals surface area contributed by atoms with Gasteiger partial charge >= 0.3 is 5.37 Å². The van der Waals surface area contributed by atoms with Crippen molar-refractivity contribution in [3.8, 4) is 0 Å². The Hall–Kier alpha value is -1.56. The van der Waals surface area contributed by atoms with Crippen molar-refractivity contribution in [1.29, 1.82) is 0 Å². The molecule has 94 valence electrons. The number of nitrogens with zero attached hydrogens (tertiary/aromatic N) is 2. The molecule has 0 aromatic heterocycles. The second kappa shape index (κ2) is 4.37. The monoisotopic (exact) mass is 258 g/mol. The van der Waals surface area contributed by atoms with Crippen LogP contribution in [0.5, 0.6) is 0 Å². The van der Waals surface area contributed by atoms with Crippen molar-refractivity contribution in [2.45, 2.75) is 26.3 Å². The molecule has 0 aliphatic carbocycles. The Bertz CT molecular complexity index is 440. The highest BCUT2D eigenvalue weighted by Crippen LogP contribution is 2.32. The minimum atomic E-state index is -0.731. The average molecular weight is 259 g/mol. The maximum atomic E-state index is 11.3. The molecule has 0 fully saturated rings. The van der Waals surface area contributed by atoms with E-state index in [0.717, 1.165) is 0 Å². The topological polar surface area (TPSA) is 102 Å². The summed E-state index contributed by atoms with van der Waals surface area (Å²) in [6, 6.07) is 0. The Morgan fingerprint density at radius 3 is 2.35 bits per heavy atom. The molecule has 7 heteroatoms. The van der Waals surface area contributed by atoms with Crippen LogP contribution in [0.1, 0.15) is 20.8 Å². The molecular formula is C10H15ClN4O2. The Morgan fingerprint density at radius 1 is 1.47 bits per heavy atom. The van der Waals surface area contributed by atoms with Crippen molar-refractivity contribution in [3.05, 3.63) is 11.3 Å². The van der Waals surface area contributed by atoms with Crippen molar-refractivity contribution < 1.29 is 9.59 Å². The van der Waals surface area contributed by atoms with E-state index in [1.165, 1.54) is 11.8 Å². The molecule has 6 nitrogen and oxygen atoms in total. The minimum Gasteiger partial charge on any atom is -0.400 e. The lowest BCUT2D eigenvalue weighted by Crippen LogP contribution is -2.44. The van der Waals surface area contributed by atoms with Crippen LogP contribution in [0.2, 0.25) is 0 Å². The van der Waals surface area contributed by atoms with E-state index in [0.29, 0.717) is 11.3 Å². The van der Waals surface area contributed by atoms with Gasteiger partial charge in [0.25, 0.3) is 0 Å². The first-order valence-corrected chi connectivity index (χ1v) is 5.37. The maximum absolute atomic E-state index is 11.3. The van der Waals surface area contributed by atoms with Crippen LogP contribution in [0, 0.1) is 0 Å². The number of amidine groups is 1. The zero-order valence-corrected chi connectivity index (χ0v) is 10.7. The Balaban J connectivity index is 3.16. The molecule has 0 saturated carbocycles. The molecule has 1 heterocycles. The van der Waals surface area contributed by atoms with Crippen LogP contribution in [0.4, 0.5) is 4.79 Å². The van der Waals surface area contributed by atoms with Gasteiger partial charge in [0.15, 0.2) is 0 Å². The average Bonchev–Trinajstić information content (AvgIpc) is 2.37. The van der Waals surface area contributed by atoms with Crippen LogP contribution >= 0.6 is 11.6 Å². The molecule has 0 saturated heterocycles. The fourth-order valence-corrected chi connectivity index (χ4v) is 1.96. The van der Waals surface area contributed by atoms with Crippen LogP contribution in [0.3, 0.4) is 0 Å². The number of carbonyl (C=O) groups excluding carboxylic acids is 2. The third-order valence-electron chi connectivity index (χ3n) is 2.77. The molecule has 1 aliphatic rings. The Kier molecular flexibility index (Phi) is 3.47. The number of aliphatic imine (C=N–C) groups is 1. The fourth-order valence-electron chi connectivity index (χ4n) is 1.69. The van der Waals surface area contributed by atoms with Crippen LogP contribution in [0.25, 0.3) is 0 Å². The lowest BCUT2D eigenvalue weighted by atomic mass is 10.0. The van der Waals surface area contributed by atoms with Gasteiger partial charge in [-0.15, -0.1) is 0 Å². The van der Waals surface area contributed by atoms with Crippen LogP contribution in [-0.2, 0) is 4.79 Å². The Labute approximate surface area is 104 Å². The second-order valence-corrected chi connectivity index (χ2v) is 4.63. The van der Waals surface area contributed by atoms with Gasteiger partial charge in [-0.1, -0.05) is 0 Å². The van der Waals surface area contributed by atoms with Gasteiger partial charge in [0.2, 0.25) is 5.91 Å². The summed E-state index contributed by atoms with van der Waals surface area (Å²) in [4.78, 5) is 27.1. The zero-order valence-electron chi connectivity index (χ0n) is 9.95. The number of hydrogen-bond donors (Lipinski definition) is 2. The van der Waals surface area contributed by atoms with E-state index in [2.05, 4.69) is 4.99 Å². The molecule has 0 aromatic rings. The van der Waals surface area contributed by atoms with Crippen molar-refractivity contribution >= 4 is 28.7 Å². The summed E-state index contributed by atoms with van der Waals surface area (Å²) < 4.78 is 0. The van der Waals surface area contributed by atoms with Gasteiger partial charge in [-0.25, -0.2) is 0 Å². The molecule has 0 radical (unpaired) electrons. The molecule has 0 unspecified atom stereocenters. The molecule has 2 amide bonds. The van der Waals surface area contributed by atoms with Gasteiger partial charge < -0.3 is 16.4 Å². The van der Waals surface area contributed by atoms with Gasteiger partial charge in [0, 0.05) is 18.2 Å². The van der Waals surface area contributed by atoms with Gasteiger partial charge in [-0.05, 0) is 25.4 Å². The predicted molar refractivity (Wildman–Crippen MR) is 65.6 cm³/mol. The van der Waals surface area contributed by atoms with Crippen molar-refractivity contribution in [3.63, 3.8) is 0 Å². The SMILES string of the molecule is CC(=O)N=C(N)C1=C(N)C(C)(C)N(C(=O)Cl)C1. The van der Waals surface area contributed by atoms with Crippen molar-refractivity contribution in [2.75, 3.05) is 6.54 Å². The number of hydrogen-bond acceptors (Lipinski definition) is 3. The highest BCUT2D eigenvalue weighted by Gasteiger charge is 2.41. The normalized spacial score (nSPS) is 19.8. The van der Waals surface area contributed by atoms with E-state index in [9.17, 15) is 9.59 Å². The molecule has 0 spiro atoms. The molecule has 0 atom stereocenters. The maximum Gasteiger partial charge on any atom is 0.317 e. The summed E-state index contributed by atoms with van der Waals surface area (Å²) in [6.07, 6.45) is 0. The molecule has 4 N–H and O–H groups in total. The molecule has 1 aliphatic heterocycles. The fraction of sp³-hybridized carbons (Fsp3) is 0.500. The lowest BCUT2D eigenvalue weighted by molar-refractivity contribution is -0.115. The lowest BCUT2D eigenvalue weighted by Gasteiger charge is -2.30. The summed E-state index contributed by atoms with van der Waals surface area (Å²) in [5, 5.41) is -0.622. The van der Waals surface area contributed by atoms with Gasteiger partial charge in [0.1, 0.15) is 5.84 Å². The third-order valence-corrected chi connectivity index (χ3v) is 2.98. The van der Waals surface area contributed by atoms with E-state index >= 15 is 0 Å². The molecule has 0 bridgehead atoms. The number of nitrogens with two attached hydrogens (primary N) is 2. The van der Waals surface area contributed by atoms with E-state index in [-0.39, 0.29) is 12.4 Å². The van der Waals surface area contributed by atoms with Crippen molar-refractivity contribution in [1.82, 2.24) is 4.90 Å².